The molecule has 1 aromatic rings. The molecule has 1 saturated heterocycles. The molecule has 0 radical (unpaired) electrons. The van der Waals surface area contributed by atoms with Crippen molar-refractivity contribution in [3.05, 3.63) is 29.8 Å². The zero-order chi connectivity index (χ0) is 33.6. The second-order valence-electron chi connectivity index (χ2n) is 15.9. The van der Waals surface area contributed by atoms with Crippen molar-refractivity contribution in [2.24, 2.45) is 34.3 Å². The lowest BCUT2D eigenvalue weighted by molar-refractivity contribution is -0.145. The Bertz CT molecular complexity index is 1380. The zero-order valence-corrected chi connectivity index (χ0v) is 27.9. The van der Waals surface area contributed by atoms with E-state index in [0.717, 1.165) is 50.5 Å². The molecule has 252 valence electrons. The van der Waals surface area contributed by atoms with E-state index >= 15 is 0 Å². The number of likely N-dealkylation sites (tertiary alicyclic amines) is 1. The average molecular weight is 638 g/mol. The maximum Gasteiger partial charge on any atom is 0.315 e. The molecule has 46 heavy (non-hydrogen) atoms. The van der Waals surface area contributed by atoms with E-state index in [2.05, 4.69) is 29.8 Å². The Morgan fingerprint density at radius 3 is 2.30 bits per heavy atom. The summed E-state index contributed by atoms with van der Waals surface area (Å²) in [5.74, 6) is -2.30. The molecule has 0 aromatic heterocycles. The van der Waals surface area contributed by atoms with Gasteiger partial charge in [0.1, 0.15) is 17.8 Å². The summed E-state index contributed by atoms with van der Waals surface area (Å²) in [5.41, 5.74) is 4.87. The van der Waals surface area contributed by atoms with Gasteiger partial charge in [-0.15, -0.1) is 0 Å². The SMILES string of the molecule is CC(C)(C)[C@H](NC(=O)NC1(Cc2cccc(O)c2)CCCCC1)C(=O)N1C[C@@H]2[C@@H]([C@H]1C(=O)NC(CC1CC1)C(=O)C(N)=O)C2(C)C. The normalized spacial score (nSPS) is 25.8. The molecule has 1 unspecified atom stereocenters. The number of primary amides is 1. The molecule has 6 N–H and O–H groups in total. The molecule has 5 atom stereocenters. The summed E-state index contributed by atoms with van der Waals surface area (Å²) in [6.07, 6.45) is 7.34. The van der Waals surface area contributed by atoms with Crippen LogP contribution in [0.3, 0.4) is 0 Å². The van der Waals surface area contributed by atoms with E-state index in [4.69, 9.17) is 5.73 Å². The highest BCUT2D eigenvalue weighted by Gasteiger charge is 2.70. The fourth-order valence-electron chi connectivity index (χ4n) is 8.01. The molecule has 4 aliphatic rings. The summed E-state index contributed by atoms with van der Waals surface area (Å²) < 4.78 is 0. The van der Waals surface area contributed by atoms with Crippen LogP contribution in [0.15, 0.2) is 24.3 Å². The van der Waals surface area contributed by atoms with Crippen molar-refractivity contribution >= 4 is 29.5 Å². The van der Waals surface area contributed by atoms with E-state index in [-0.39, 0.29) is 34.8 Å². The molecule has 1 aromatic carbocycles. The predicted octanol–water partition coefficient (Wildman–Crippen LogP) is 3.17. The maximum atomic E-state index is 14.4. The molecule has 3 saturated carbocycles. The second-order valence-corrected chi connectivity index (χ2v) is 15.9. The van der Waals surface area contributed by atoms with Crippen LogP contribution in [0, 0.1) is 28.6 Å². The number of carbonyl (C=O) groups is 5. The van der Waals surface area contributed by atoms with Gasteiger partial charge in [-0.25, -0.2) is 4.79 Å². The number of ketones is 1. The summed E-state index contributed by atoms with van der Waals surface area (Å²) >= 11 is 0. The third kappa shape index (κ3) is 7.18. The lowest BCUT2D eigenvalue weighted by Gasteiger charge is -2.41. The van der Waals surface area contributed by atoms with Crippen LogP contribution in [0.5, 0.6) is 5.75 Å². The number of fused-ring (bicyclic) bond motifs is 1. The Balaban J connectivity index is 1.34. The predicted molar refractivity (Wildman–Crippen MR) is 172 cm³/mol. The summed E-state index contributed by atoms with van der Waals surface area (Å²) in [6.45, 7) is 10.2. The van der Waals surface area contributed by atoms with Gasteiger partial charge >= 0.3 is 6.03 Å². The topological polar surface area (TPSA) is 171 Å². The average Bonchev–Trinajstić information content (AvgIpc) is 3.82. The maximum absolute atomic E-state index is 14.4. The van der Waals surface area contributed by atoms with E-state index in [1.807, 2.05) is 26.8 Å². The van der Waals surface area contributed by atoms with Crippen LogP contribution < -0.4 is 21.7 Å². The standard InChI is InChI=1S/C35H51N5O6/c1-33(2,3)28(38-32(46)39-35(14-7-6-8-15-35)18-21-10-9-11-22(41)16-21)31(45)40-19-23-25(34(23,4)5)26(40)30(44)37-24(17-20-12-13-20)27(42)29(36)43/h9-11,16,20,23-26,28,41H,6-8,12-15,17-19H2,1-5H3,(H2,36,43)(H,37,44)(H2,38,39,46)/t23-,24?,25+,26+,28-/m1/s1. The van der Waals surface area contributed by atoms with Crippen LogP contribution in [0.2, 0.25) is 0 Å². The summed E-state index contributed by atoms with van der Waals surface area (Å²) in [7, 11) is 0. The number of urea groups is 1. The number of phenols is 1. The largest absolute Gasteiger partial charge is 0.508 e. The van der Waals surface area contributed by atoms with Crippen molar-refractivity contribution in [1.82, 2.24) is 20.9 Å². The van der Waals surface area contributed by atoms with Gasteiger partial charge in [-0.3, -0.25) is 19.2 Å². The highest BCUT2D eigenvalue weighted by molar-refractivity contribution is 6.37. The highest BCUT2D eigenvalue weighted by atomic mass is 16.3. The van der Waals surface area contributed by atoms with Crippen LogP contribution in [0.25, 0.3) is 0 Å². The third-order valence-corrected chi connectivity index (χ3v) is 10.9. The van der Waals surface area contributed by atoms with Crippen LogP contribution >= 0.6 is 0 Å². The first-order valence-corrected chi connectivity index (χ1v) is 16.8. The number of aromatic hydroxyl groups is 1. The van der Waals surface area contributed by atoms with Crippen LogP contribution in [0.1, 0.15) is 91.5 Å². The fourth-order valence-corrected chi connectivity index (χ4v) is 8.01. The minimum Gasteiger partial charge on any atom is -0.508 e. The highest BCUT2D eigenvalue weighted by Crippen LogP contribution is 2.65. The molecule has 11 heteroatoms. The number of benzene rings is 1. The number of nitrogens with zero attached hydrogens (tertiary/aromatic N) is 1. The monoisotopic (exact) mass is 637 g/mol. The van der Waals surface area contributed by atoms with E-state index < -0.39 is 52.7 Å². The smallest absolute Gasteiger partial charge is 0.315 e. The molecule has 5 amide bonds. The van der Waals surface area contributed by atoms with Gasteiger partial charge in [0.2, 0.25) is 17.6 Å². The second kappa shape index (κ2) is 12.5. The van der Waals surface area contributed by atoms with Crippen molar-refractivity contribution in [3.63, 3.8) is 0 Å². The Kier molecular flexibility index (Phi) is 9.18. The first kappa shape index (κ1) is 33.7. The minimum atomic E-state index is -1.09. The molecular weight excluding hydrogens is 586 g/mol. The number of hydrogen-bond donors (Lipinski definition) is 5. The minimum absolute atomic E-state index is 0.100. The quantitative estimate of drug-likeness (QED) is 0.233. The first-order chi connectivity index (χ1) is 21.5. The number of Topliss-reactive ketones (excluding diaryl/α,β-unsaturated/α-hetero) is 1. The lowest BCUT2D eigenvalue weighted by atomic mass is 9.77. The zero-order valence-electron chi connectivity index (χ0n) is 27.9. The van der Waals surface area contributed by atoms with Gasteiger partial charge in [-0.05, 0) is 72.0 Å². The molecule has 3 aliphatic carbocycles. The molecule has 5 rings (SSSR count). The number of carbonyl (C=O) groups excluding carboxylic acids is 5. The van der Waals surface area contributed by atoms with Gasteiger partial charge < -0.3 is 31.7 Å². The van der Waals surface area contributed by atoms with E-state index in [0.29, 0.717) is 19.4 Å². The molecule has 0 bridgehead atoms. The van der Waals surface area contributed by atoms with Gasteiger partial charge in [0.15, 0.2) is 0 Å². The van der Waals surface area contributed by atoms with Gasteiger partial charge in [-0.1, -0.05) is 78.9 Å². The van der Waals surface area contributed by atoms with Crippen molar-refractivity contribution in [3.8, 4) is 5.75 Å². The Hall–Kier alpha value is -3.63. The first-order valence-electron chi connectivity index (χ1n) is 16.8. The molecule has 1 aliphatic heterocycles. The van der Waals surface area contributed by atoms with Crippen LogP contribution in [0.4, 0.5) is 4.79 Å². The lowest BCUT2D eigenvalue weighted by Crippen LogP contribution is -2.63. The Morgan fingerprint density at radius 2 is 1.72 bits per heavy atom. The Labute approximate surface area is 271 Å². The van der Waals surface area contributed by atoms with Crippen LogP contribution in [-0.2, 0) is 25.6 Å². The van der Waals surface area contributed by atoms with Gasteiger partial charge in [0.05, 0.1) is 6.04 Å². The number of nitrogens with two attached hydrogens (primary N) is 1. The Morgan fingerprint density at radius 1 is 1.04 bits per heavy atom. The van der Waals surface area contributed by atoms with E-state index in [9.17, 15) is 29.1 Å². The molecule has 0 spiro atoms. The number of nitrogens with one attached hydrogen (secondary N) is 3. The van der Waals surface area contributed by atoms with Gasteiger partial charge in [-0.2, -0.15) is 0 Å². The number of hydrogen-bond acceptors (Lipinski definition) is 6. The van der Waals surface area contributed by atoms with Crippen molar-refractivity contribution in [2.45, 2.75) is 116 Å². The fraction of sp³-hybridized carbons (Fsp3) is 0.686. The van der Waals surface area contributed by atoms with Crippen LogP contribution in [-0.4, -0.2) is 69.8 Å². The molecular formula is C35H51N5O6. The number of rotatable bonds is 11. The van der Waals surface area contributed by atoms with Gasteiger partial charge in [0.25, 0.3) is 5.91 Å². The summed E-state index contributed by atoms with van der Waals surface area (Å²) in [6, 6.07) is 3.84. The number of amides is 5. The van der Waals surface area contributed by atoms with Crippen molar-refractivity contribution < 1.29 is 29.1 Å². The van der Waals surface area contributed by atoms with E-state index in [1.54, 1.807) is 23.1 Å². The van der Waals surface area contributed by atoms with Crippen molar-refractivity contribution in [1.29, 1.82) is 0 Å². The third-order valence-electron chi connectivity index (χ3n) is 10.9. The molecule has 4 fully saturated rings. The summed E-state index contributed by atoms with van der Waals surface area (Å²) in [4.78, 5) is 68.0. The number of piperidine rings is 1. The molecule has 1 heterocycles. The van der Waals surface area contributed by atoms with E-state index in [1.165, 1.54) is 0 Å². The number of phenolic OH excluding ortho intramolecular Hbond substituents is 1. The van der Waals surface area contributed by atoms with Crippen molar-refractivity contribution in [2.75, 3.05) is 6.54 Å². The molecule has 11 nitrogen and oxygen atoms in total. The summed E-state index contributed by atoms with van der Waals surface area (Å²) in [5, 5.41) is 19.0. The van der Waals surface area contributed by atoms with Gasteiger partial charge in [0, 0.05) is 12.1 Å².